The lowest BCUT2D eigenvalue weighted by atomic mass is 10.0. The highest BCUT2D eigenvalue weighted by Gasteiger charge is 2.30. The Morgan fingerprint density at radius 2 is 0.958 bits per heavy atom. The summed E-state index contributed by atoms with van der Waals surface area (Å²) in [6, 6.07) is 34.5. The smallest absolute Gasteiger partial charge is 0.326 e. The molecular weight excluding hydrogens is 606 g/mol. The number of rotatable bonds is 14. The summed E-state index contributed by atoms with van der Waals surface area (Å²) in [4.78, 5) is 53.1. The minimum atomic E-state index is -1.29. The molecule has 9 nitrogen and oxygen atoms in total. The van der Waals surface area contributed by atoms with Crippen LogP contribution in [0.2, 0.25) is 0 Å². The zero-order chi connectivity index (χ0) is 33.9. The Hall–Kier alpha value is -5.96. The number of nitrogens with one attached hydrogen (secondary N) is 3. The molecule has 5 aromatic carbocycles. The largest absolute Gasteiger partial charge is 0.508 e. The number of carbonyl (C=O) groups excluding carboxylic acids is 3. The molecule has 0 saturated carbocycles. The van der Waals surface area contributed by atoms with Crippen LogP contribution in [-0.4, -0.2) is 52.0 Å². The molecule has 0 heterocycles. The van der Waals surface area contributed by atoms with Crippen molar-refractivity contribution in [1.29, 1.82) is 0 Å². The van der Waals surface area contributed by atoms with E-state index in [1.807, 2.05) is 103 Å². The zero-order valence-electron chi connectivity index (χ0n) is 26.2. The number of hydrogen-bond donors (Lipinski definition) is 5. The number of aliphatic carboxylic acids is 1. The molecule has 0 spiro atoms. The van der Waals surface area contributed by atoms with E-state index in [9.17, 15) is 29.4 Å². The van der Waals surface area contributed by atoms with Crippen molar-refractivity contribution in [2.45, 2.75) is 43.8 Å². The van der Waals surface area contributed by atoms with Crippen molar-refractivity contribution in [2.24, 2.45) is 0 Å². The third kappa shape index (κ3) is 9.53. The van der Waals surface area contributed by atoms with E-state index in [4.69, 9.17) is 0 Å². The van der Waals surface area contributed by atoms with Crippen molar-refractivity contribution in [2.75, 3.05) is 0 Å². The fraction of sp³-hybridized carbons (Fsp3) is 0.179. The molecule has 0 aliphatic carbocycles. The summed E-state index contributed by atoms with van der Waals surface area (Å²) in [6.07, 6.45) is 0.283. The molecule has 0 aromatic heterocycles. The van der Waals surface area contributed by atoms with Crippen LogP contribution >= 0.6 is 0 Å². The molecule has 9 heteroatoms. The molecule has 0 bridgehead atoms. The fourth-order valence-electron chi connectivity index (χ4n) is 5.51. The third-order valence-corrected chi connectivity index (χ3v) is 8.02. The molecule has 3 atom stereocenters. The van der Waals surface area contributed by atoms with E-state index >= 15 is 0 Å². The van der Waals surface area contributed by atoms with Gasteiger partial charge in [0.2, 0.25) is 17.7 Å². The number of aromatic hydroxyl groups is 1. The molecule has 0 fully saturated rings. The summed E-state index contributed by atoms with van der Waals surface area (Å²) in [6.45, 7) is 0. The number of carboxylic acid groups (broad SMARTS) is 1. The molecule has 0 aliphatic rings. The topological polar surface area (TPSA) is 145 Å². The van der Waals surface area contributed by atoms with Crippen LogP contribution in [0, 0.1) is 0 Å². The van der Waals surface area contributed by atoms with Gasteiger partial charge >= 0.3 is 5.97 Å². The molecule has 0 saturated heterocycles. The van der Waals surface area contributed by atoms with E-state index < -0.39 is 35.9 Å². The third-order valence-electron chi connectivity index (χ3n) is 8.02. The minimum Gasteiger partial charge on any atom is -0.508 e. The molecule has 48 heavy (non-hydrogen) atoms. The van der Waals surface area contributed by atoms with Crippen molar-refractivity contribution in [1.82, 2.24) is 16.0 Å². The van der Waals surface area contributed by atoms with Crippen LogP contribution < -0.4 is 16.0 Å². The molecule has 5 N–H and O–H groups in total. The first-order valence-electron chi connectivity index (χ1n) is 15.7. The number of carboxylic acids is 1. The fourth-order valence-corrected chi connectivity index (χ4v) is 5.51. The standard InChI is InChI=1S/C39H37N3O6/c43-32-19-16-28(17-20-32)24-35(39(47)48)42-38(46)34(23-27-11-5-2-6-12-27)41-37(45)33(22-26-9-3-1-4-10-26)40-36(44)25-29-15-18-30-13-7-8-14-31(30)21-29/h1-21,33-35,43H,22-25H2,(H,40,44)(H,41,45)(H,42,46)(H,47,48)/t33-,34-,35-/m1/s1. The zero-order valence-corrected chi connectivity index (χ0v) is 26.2. The number of amides is 3. The van der Waals surface area contributed by atoms with Crippen molar-refractivity contribution in [3.63, 3.8) is 0 Å². The maximum Gasteiger partial charge on any atom is 0.326 e. The van der Waals surface area contributed by atoms with Gasteiger partial charge in [0.15, 0.2) is 0 Å². The second-order valence-corrected chi connectivity index (χ2v) is 11.7. The maximum atomic E-state index is 13.9. The summed E-state index contributed by atoms with van der Waals surface area (Å²) in [5.74, 6) is -2.82. The molecule has 0 aliphatic heterocycles. The Morgan fingerprint density at radius 3 is 1.54 bits per heavy atom. The van der Waals surface area contributed by atoms with Crippen molar-refractivity contribution < 1.29 is 29.4 Å². The first kappa shape index (κ1) is 33.4. The van der Waals surface area contributed by atoms with E-state index in [2.05, 4.69) is 16.0 Å². The summed E-state index contributed by atoms with van der Waals surface area (Å²) in [5.41, 5.74) is 2.96. The molecule has 3 amide bonds. The second-order valence-electron chi connectivity index (χ2n) is 11.7. The lowest BCUT2D eigenvalue weighted by molar-refractivity contribution is -0.142. The minimum absolute atomic E-state index is 0.0329. The average Bonchev–Trinajstić information content (AvgIpc) is 3.09. The van der Waals surface area contributed by atoms with Crippen LogP contribution in [0.3, 0.4) is 0 Å². The quantitative estimate of drug-likeness (QED) is 0.122. The second kappa shape index (κ2) is 16.0. The van der Waals surface area contributed by atoms with Gasteiger partial charge < -0.3 is 26.2 Å². The van der Waals surface area contributed by atoms with Gasteiger partial charge in [0, 0.05) is 19.3 Å². The van der Waals surface area contributed by atoms with E-state index in [1.165, 1.54) is 12.1 Å². The van der Waals surface area contributed by atoms with E-state index in [1.54, 1.807) is 12.1 Å². The van der Waals surface area contributed by atoms with E-state index in [0.29, 0.717) is 5.56 Å². The van der Waals surface area contributed by atoms with Gasteiger partial charge in [-0.1, -0.05) is 115 Å². The van der Waals surface area contributed by atoms with Gasteiger partial charge in [-0.25, -0.2) is 4.79 Å². The van der Waals surface area contributed by atoms with Crippen LogP contribution in [0.5, 0.6) is 5.75 Å². The number of phenols is 1. The Labute approximate surface area is 278 Å². The van der Waals surface area contributed by atoms with Crippen LogP contribution in [0.25, 0.3) is 10.8 Å². The van der Waals surface area contributed by atoms with Gasteiger partial charge in [-0.3, -0.25) is 14.4 Å². The number of hydrogen-bond acceptors (Lipinski definition) is 5. The Bertz CT molecular complexity index is 1860. The predicted molar refractivity (Wildman–Crippen MR) is 183 cm³/mol. The van der Waals surface area contributed by atoms with E-state index in [0.717, 1.165) is 27.5 Å². The first-order valence-corrected chi connectivity index (χ1v) is 15.7. The average molecular weight is 644 g/mol. The van der Waals surface area contributed by atoms with Gasteiger partial charge in [-0.15, -0.1) is 0 Å². The summed E-state index contributed by atoms with van der Waals surface area (Å²) >= 11 is 0. The lowest BCUT2D eigenvalue weighted by Gasteiger charge is -2.25. The number of carbonyl (C=O) groups is 4. The van der Waals surface area contributed by atoms with Crippen LogP contribution in [-0.2, 0) is 44.9 Å². The monoisotopic (exact) mass is 643 g/mol. The summed E-state index contributed by atoms with van der Waals surface area (Å²) in [5, 5.41) is 29.8. The lowest BCUT2D eigenvalue weighted by Crippen LogP contribution is -2.57. The number of phenolic OH excluding ortho intramolecular Hbond substituents is 1. The molecule has 5 rings (SSSR count). The highest BCUT2D eigenvalue weighted by molar-refractivity contribution is 5.94. The highest BCUT2D eigenvalue weighted by atomic mass is 16.4. The van der Waals surface area contributed by atoms with Gasteiger partial charge in [-0.2, -0.15) is 0 Å². The Kier molecular flexibility index (Phi) is 11.2. The van der Waals surface area contributed by atoms with Crippen LogP contribution in [0.15, 0.2) is 127 Å². The normalized spacial score (nSPS) is 12.8. The number of benzene rings is 5. The van der Waals surface area contributed by atoms with Gasteiger partial charge in [-0.05, 0) is 45.2 Å². The SMILES string of the molecule is O=C(Cc1ccc2ccccc2c1)N[C@H](Cc1ccccc1)C(=O)N[C@H](Cc1ccccc1)C(=O)N[C@H](Cc1ccc(O)cc1)C(=O)O. The maximum absolute atomic E-state index is 13.9. The predicted octanol–water partition coefficient (Wildman–Crippen LogP) is 4.36. The summed E-state index contributed by atoms with van der Waals surface area (Å²) in [7, 11) is 0. The molecule has 244 valence electrons. The molecule has 0 unspecified atom stereocenters. The van der Waals surface area contributed by atoms with Gasteiger partial charge in [0.1, 0.15) is 23.9 Å². The summed E-state index contributed by atoms with van der Waals surface area (Å²) < 4.78 is 0. The molecule has 0 radical (unpaired) electrons. The van der Waals surface area contributed by atoms with Crippen molar-refractivity contribution >= 4 is 34.5 Å². The van der Waals surface area contributed by atoms with Crippen LogP contribution in [0.4, 0.5) is 0 Å². The van der Waals surface area contributed by atoms with Crippen LogP contribution in [0.1, 0.15) is 22.3 Å². The molecular formula is C39H37N3O6. The van der Waals surface area contributed by atoms with Crippen molar-refractivity contribution in [3.05, 3.63) is 150 Å². The first-order chi connectivity index (χ1) is 23.2. The Balaban J connectivity index is 1.34. The Morgan fingerprint density at radius 1 is 0.500 bits per heavy atom. The number of fused-ring (bicyclic) bond motifs is 1. The van der Waals surface area contributed by atoms with Gasteiger partial charge in [0.25, 0.3) is 0 Å². The van der Waals surface area contributed by atoms with Gasteiger partial charge in [0.05, 0.1) is 6.42 Å². The highest BCUT2D eigenvalue weighted by Crippen LogP contribution is 2.17. The van der Waals surface area contributed by atoms with Crippen molar-refractivity contribution in [3.8, 4) is 5.75 Å². The van der Waals surface area contributed by atoms with E-state index in [-0.39, 0.29) is 37.3 Å². The molecule has 5 aromatic rings.